The Balaban J connectivity index is 1.82. The van der Waals surface area contributed by atoms with E-state index in [4.69, 9.17) is 0 Å². The summed E-state index contributed by atoms with van der Waals surface area (Å²) in [7, 11) is 3.75. The molecule has 1 aliphatic rings. The molecular formula is C22H26N4O4. The Morgan fingerprint density at radius 3 is 2.30 bits per heavy atom. The molecule has 3 rings (SSSR count). The standard InChI is InChI=1S/C22H26N4O4/c1-15-10-12-25(13-11-15)22(28)19-14-17(6-9-20(19)24(2)3)23-21(27)16-4-7-18(8-5-16)26(29)30/h4-9,14-15H,10-13H2,1-3H3,(H,23,27). The molecule has 0 spiro atoms. The summed E-state index contributed by atoms with van der Waals surface area (Å²) in [6.45, 7) is 3.65. The second-order valence-corrected chi connectivity index (χ2v) is 7.86. The number of nitrogens with one attached hydrogen (secondary N) is 1. The summed E-state index contributed by atoms with van der Waals surface area (Å²) < 4.78 is 0. The van der Waals surface area contributed by atoms with Gasteiger partial charge in [0, 0.05) is 56.3 Å². The first kappa shape index (κ1) is 21.3. The number of anilines is 2. The molecule has 30 heavy (non-hydrogen) atoms. The van der Waals surface area contributed by atoms with E-state index in [1.165, 1.54) is 24.3 Å². The third-order valence-electron chi connectivity index (χ3n) is 5.38. The van der Waals surface area contributed by atoms with Gasteiger partial charge in [-0.15, -0.1) is 0 Å². The predicted octanol–water partition coefficient (Wildman–Crippen LogP) is 3.79. The van der Waals surface area contributed by atoms with Gasteiger partial charge in [-0.25, -0.2) is 0 Å². The number of carbonyl (C=O) groups is 2. The Morgan fingerprint density at radius 2 is 1.73 bits per heavy atom. The molecule has 0 aliphatic carbocycles. The number of nitro benzene ring substituents is 1. The molecule has 1 saturated heterocycles. The van der Waals surface area contributed by atoms with Gasteiger partial charge in [0.25, 0.3) is 17.5 Å². The molecule has 158 valence electrons. The van der Waals surface area contributed by atoms with E-state index in [9.17, 15) is 19.7 Å². The third kappa shape index (κ3) is 4.76. The van der Waals surface area contributed by atoms with Gasteiger partial charge >= 0.3 is 0 Å². The highest BCUT2D eigenvalue weighted by atomic mass is 16.6. The minimum Gasteiger partial charge on any atom is -0.377 e. The van der Waals surface area contributed by atoms with E-state index < -0.39 is 10.8 Å². The van der Waals surface area contributed by atoms with Gasteiger partial charge in [0.1, 0.15) is 0 Å². The Morgan fingerprint density at radius 1 is 1.10 bits per heavy atom. The number of benzene rings is 2. The molecule has 2 amide bonds. The molecule has 0 aromatic heterocycles. The normalized spacial score (nSPS) is 14.3. The van der Waals surface area contributed by atoms with Gasteiger partial charge in [-0.05, 0) is 49.1 Å². The zero-order valence-electron chi connectivity index (χ0n) is 17.4. The summed E-state index contributed by atoms with van der Waals surface area (Å²) >= 11 is 0. The van der Waals surface area contributed by atoms with Crippen LogP contribution >= 0.6 is 0 Å². The van der Waals surface area contributed by atoms with Crippen LogP contribution in [-0.2, 0) is 0 Å². The maximum atomic E-state index is 13.2. The number of likely N-dealkylation sites (tertiary alicyclic amines) is 1. The Hall–Kier alpha value is -3.42. The smallest absolute Gasteiger partial charge is 0.269 e. The van der Waals surface area contributed by atoms with Crippen LogP contribution in [0.5, 0.6) is 0 Å². The van der Waals surface area contributed by atoms with Crippen LogP contribution in [0.15, 0.2) is 42.5 Å². The van der Waals surface area contributed by atoms with Gasteiger partial charge in [0.15, 0.2) is 0 Å². The van der Waals surface area contributed by atoms with E-state index in [0.717, 1.165) is 31.6 Å². The molecule has 0 unspecified atom stereocenters. The first-order valence-electron chi connectivity index (χ1n) is 9.92. The van der Waals surface area contributed by atoms with Gasteiger partial charge in [0.05, 0.1) is 10.5 Å². The molecule has 1 N–H and O–H groups in total. The fraction of sp³-hybridized carbons (Fsp3) is 0.364. The summed E-state index contributed by atoms with van der Waals surface area (Å²) in [4.78, 5) is 39.7. The van der Waals surface area contributed by atoms with Crippen LogP contribution in [0.3, 0.4) is 0 Å². The lowest BCUT2D eigenvalue weighted by Gasteiger charge is -2.31. The molecule has 1 fully saturated rings. The van der Waals surface area contributed by atoms with Crippen molar-refractivity contribution in [3.05, 3.63) is 63.7 Å². The third-order valence-corrected chi connectivity index (χ3v) is 5.38. The highest BCUT2D eigenvalue weighted by molar-refractivity contribution is 6.06. The van der Waals surface area contributed by atoms with Crippen LogP contribution in [0.1, 0.15) is 40.5 Å². The first-order chi connectivity index (χ1) is 14.3. The lowest BCUT2D eigenvalue weighted by molar-refractivity contribution is -0.384. The van der Waals surface area contributed by atoms with Crippen LogP contribution in [0.4, 0.5) is 17.1 Å². The number of carbonyl (C=O) groups excluding carboxylic acids is 2. The van der Waals surface area contributed by atoms with Gasteiger partial charge in [-0.3, -0.25) is 19.7 Å². The highest BCUT2D eigenvalue weighted by Gasteiger charge is 2.24. The fourth-order valence-electron chi connectivity index (χ4n) is 3.49. The molecule has 0 radical (unpaired) electrons. The quantitative estimate of drug-likeness (QED) is 0.598. The number of non-ortho nitro benzene ring substituents is 1. The van der Waals surface area contributed by atoms with Crippen LogP contribution in [0, 0.1) is 16.0 Å². The number of nitrogens with zero attached hydrogens (tertiary/aromatic N) is 3. The fourth-order valence-corrected chi connectivity index (χ4v) is 3.49. The van der Waals surface area contributed by atoms with Crippen LogP contribution in [0.2, 0.25) is 0 Å². The average Bonchev–Trinajstić information content (AvgIpc) is 2.73. The SMILES string of the molecule is CC1CCN(C(=O)c2cc(NC(=O)c3ccc([N+](=O)[O-])cc3)ccc2N(C)C)CC1. The largest absolute Gasteiger partial charge is 0.377 e. The average molecular weight is 410 g/mol. The second kappa shape index (κ2) is 8.94. The minimum atomic E-state index is -0.513. The number of hydrogen-bond acceptors (Lipinski definition) is 5. The molecule has 0 atom stereocenters. The Bertz CT molecular complexity index is 948. The Kier molecular flexibility index (Phi) is 6.34. The molecule has 8 heteroatoms. The molecule has 2 aromatic carbocycles. The Labute approximate surface area is 175 Å². The molecular weight excluding hydrogens is 384 g/mol. The molecule has 2 aromatic rings. The van der Waals surface area contributed by atoms with Crippen molar-refractivity contribution in [2.24, 2.45) is 5.92 Å². The molecule has 1 heterocycles. The number of hydrogen-bond donors (Lipinski definition) is 1. The van der Waals surface area contributed by atoms with Crippen LogP contribution in [0.25, 0.3) is 0 Å². The predicted molar refractivity (Wildman–Crippen MR) is 116 cm³/mol. The first-order valence-corrected chi connectivity index (χ1v) is 9.92. The van der Waals surface area contributed by atoms with E-state index in [2.05, 4.69) is 12.2 Å². The molecule has 8 nitrogen and oxygen atoms in total. The van der Waals surface area contributed by atoms with Crippen molar-refractivity contribution in [3.63, 3.8) is 0 Å². The number of rotatable bonds is 5. The summed E-state index contributed by atoms with van der Waals surface area (Å²) in [5.74, 6) is 0.180. The number of piperidine rings is 1. The summed E-state index contributed by atoms with van der Waals surface area (Å²) in [6, 6.07) is 10.6. The molecule has 0 bridgehead atoms. The maximum absolute atomic E-state index is 13.2. The van der Waals surface area contributed by atoms with Gasteiger partial charge in [-0.2, -0.15) is 0 Å². The van der Waals surface area contributed by atoms with Crippen molar-refractivity contribution in [3.8, 4) is 0 Å². The summed E-state index contributed by atoms with van der Waals surface area (Å²) in [5, 5.41) is 13.6. The van der Waals surface area contributed by atoms with Crippen molar-refractivity contribution >= 4 is 28.9 Å². The monoisotopic (exact) mass is 410 g/mol. The highest BCUT2D eigenvalue weighted by Crippen LogP contribution is 2.27. The maximum Gasteiger partial charge on any atom is 0.269 e. The van der Waals surface area contributed by atoms with Crippen molar-refractivity contribution in [1.29, 1.82) is 0 Å². The van der Waals surface area contributed by atoms with Crippen molar-refractivity contribution in [2.75, 3.05) is 37.4 Å². The van der Waals surface area contributed by atoms with Crippen LogP contribution < -0.4 is 10.2 Å². The van der Waals surface area contributed by atoms with Crippen molar-refractivity contribution in [1.82, 2.24) is 4.90 Å². The van der Waals surface area contributed by atoms with Gasteiger partial charge < -0.3 is 15.1 Å². The molecule has 0 saturated carbocycles. The number of nitro groups is 1. The van der Waals surface area contributed by atoms with Gasteiger partial charge in [-0.1, -0.05) is 6.92 Å². The lowest BCUT2D eigenvalue weighted by atomic mass is 9.98. The van der Waals surface area contributed by atoms with E-state index in [1.54, 1.807) is 12.1 Å². The van der Waals surface area contributed by atoms with E-state index in [0.29, 0.717) is 22.7 Å². The lowest BCUT2D eigenvalue weighted by Crippen LogP contribution is -2.38. The van der Waals surface area contributed by atoms with Crippen LogP contribution in [-0.4, -0.2) is 48.8 Å². The van der Waals surface area contributed by atoms with Gasteiger partial charge in [0.2, 0.25) is 0 Å². The van der Waals surface area contributed by atoms with Crippen molar-refractivity contribution in [2.45, 2.75) is 19.8 Å². The van der Waals surface area contributed by atoms with E-state index in [1.807, 2.05) is 30.0 Å². The van der Waals surface area contributed by atoms with E-state index >= 15 is 0 Å². The zero-order valence-corrected chi connectivity index (χ0v) is 17.4. The van der Waals surface area contributed by atoms with Crippen molar-refractivity contribution < 1.29 is 14.5 Å². The summed E-state index contributed by atoms with van der Waals surface area (Å²) in [5.41, 5.74) is 2.04. The minimum absolute atomic E-state index is 0.0444. The topological polar surface area (TPSA) is 95.8 Å². The number of amides is 2. The van der Waals surface area contributed by atoms with E-state index in [-0.39, 0.29) is 11.6 Å². The summed E-state index contributed by atoms with van der Waals surface area (Å²) in [6.07, 6.45) is 1.97. The second-order valence-electron chi connectivity index (χ2n) is 7.86. The zero-order chi connectivity index (χ0) is 21.8. The molecule has 1 aliphatic heterocycles.